The van der Waals surface area contributed by atoms with Crippen molar-refractivity contribution in [3.8, 4) is 5.75 Å². The molecule has 1 aromatic carbocycles. The minimum Gasteiger partial charge on any atom is -0.445 e. The molecule has 1 atom stereocenters. The fraction of sp³-hybridized carbons (Fsp3) is 0.500. The topological polar surface area (TPSA) is 57.5 Å². The SMILES string of the molecule is Cc1cc(=O)oc2c3c(ccc12)OC[NH+](CC[NH+]1CCOCC1)C3. The van der Waals surface area contributed by atoms with Crippen molar-refractivity contribution in [1.29, 1.82) is 0 Å². The van der Waals surface area contributed by atoms with Crippen LogP contribution in [0.3, 0.4) is 0 Å². The average molecular weight is 332 g/mol. The summed E-state index contributed by atoms with van der Waals surface area (Å²) in [5, 5.41) is 0.997. The van der Waals surface area contributed by atoms with Crippen molar-refractivity contribution < 1.29 is 23.7 Å². The van der Waals surface area contributed by atoms with Gasteiger partial charge in [-0.1, -0.05) is 0 Å². The van der Waals surface area contributed by atoms with Gasteiger partial charge < -0.3 is 18.8 Å². The first-order valence-corrected chi connectivity index (χ1v) is 8.65. The molecule has 128 valence electrons. The van der Waals surface area contributed by atoms with E-state index < -0.39 is 0 Å². The van der Waals surface area contributed by atoms with Gasteiger partial charge in [-0.15, -0.1) is 0 Å². The molecule has 6 heteroatoms. The summed E-state index contributed by atoms with van der Waals surface area (Å²) in [5.74, 6) is 0.846. The molecule has 1 aromatic heterocycles. The summed E-state index contributed by atoms with van der Waals surface area (Å²) in [7, 11) is 0. The lowest BCUT2D eigenvalue weighted by atomic mass is 10.1. The van der Waals surface area contributed by atoms with Crippen LogP contribution in [0.4, 0.5) is 0 Å². The quantitative estimate of drug-likeness (QED) is 0.690. The van der Waals surface area contributed by atoms with E-state index in [9.17, 15) is 4.79 Å². The molecule has 0 amide bonds. The maximum absolute atomic E-state index is 11.8. The Morgan fingerprint density at radius 3 is 2.75 bits per heavy atom. The molecule has 1 saturated heterocycles. The molecule has 1 fully saturated rings. The smallest absolute Gasteiger partial charge is 0.336 e. The molecule has 2 N–H and O–H groups in total. The number of rotatable bonds is 3. The van der Waals surface area contributed by atoms with Gasteiger partial charge >= 0.3 is 5.63 Å². The van der Waals surface area contributed by atoms with E-state index >= 15 is 0 Å². The van der Waals surface area contributed by atoms with Crippen molar-refractivity contribution in [2.75, 3.05) is 46.1 Å². The highest BCUT2D eigenvalue weighted by atomic mass is 16.5. The summed E-state index contributed by atoms with van der Waals surface area (Å²) in [4.78, 5) is 14.7. The van der Waals surface area contributed by atoms with Gasteiger partial charge in [-0.05, 0) is 24.6 Å². The van der Waals surface area contributed by atoms with Crippen LogP contribution >= 0.6 is 0 Å². The van der Waals surface area contributed by atoms with Gasteiger partial charge in [0, 0.05) is 11.5 Å². The Bertz CT molecular complexity index is 795. The van der Waals surface area contributed by atoms with E-state index in [2.05, 4.69) is 0 Å². The fourth-order valence-corrected chi connectivity index (χ4v) is 3.63. The fourth-order valence-electron chi connectivity index (χ4n) is 3.63. The number of quaternary nitrogens is 2. The molecule has 24 heavy (non-hydrogen) atoms. The summed E-state index contributed by atoms with van der Waals surface area (Å²) in [6, 6.07) is 5.52. The molecule has 0 aliphatic carbocycles. The summed E-state index contributed by atoms with van der Waals surface area (Å²) < 4.78 is 16.9. The number of ether oxygens (including phenoxy) is 2. The lowest BCUT2D eigenvalue weighted by Crippen LogP contribution is -3.21. The largest absolute Gasteiger partial charge is 0.445 e. The van der Waals surface area contributed by atoms with Crippen molar-refractivity contribution in [2.24, 2.45) is 0 Å². The van der Waals surface area contributed by atoms with Crippen LogP contribution in [0.5, 0.6) is 5.75 Å². The van der Waals surface area contributed by atoms with E-state index in [1.807, 2.05) is 19.1 Å². The lowest BCUT2D eigenvalue weighted by Gasteiger charge is -2.29. The zero-order valence-electron chi connectivity index (χ0n) is 14.0. The molecule has 0 saturated carbocycles. The highest BCUT2D eigenvalue weighted by Crippen LogP contribution is 2.29. The number of hydrogen-bond donors (Lipinski definition) is 2. The molecule has 2 aliphatic rings. The first-order chi connectivity index (χ1) is 11.7. The van der Waals surface area contributed by atoms with Gasteiger partial charge in [-0.2, -0.15) is 0 Å². The summed E-state index contributed by atoms with van der Waals surface area (Å²) in [6.45, 7) is 9.50. The van der Waals surface area contributed by atoms with E-state index in [0.29, 0.717) is 12.3 Å². The summed E-state index contributed by atoms with van der Waals surface area (Å²) in [6.07, 6.45) is 0. The van der Waals surface area contributed by atoms with Gasteiger partial charge in [-0.25, -0.2) is 4.79 Å². The zero-order valence-corrected chi connectivity index (χ0v) is 14.0. The Hall–Kier alpha value is -1.89. The Kier molecular flexibility index (Phi) is 4.26. The molecule has 0 spiro atoms. The predicted molar refractivity (Wildman–Crippen MR) is 88.6 cm³/mol. The van der Waals surface area contributed by atoms with Gasteiger partial charge in [0.15, 0.2) is 5.58 Å². The van der Waals surface area contributed by atoms with Crippen LogP contribution in [0.15, 0.2) is 27.4 Å². The minimum atomic E-state index is -0.293. The third-order valence-electron chi connectivity index (χ3n) is 5.07. The van der Waals surface area contributed by atoms with Gasteiger partial charge in [0.1, 0.15) is 38.5 Å². The third-order valence-corrected chi connectivity index (χ3v) is 5.07. The standard InChI is InChI=1S/C18H22N2O4/c1-13-10-17(21)24-18-14(13)2-3-16-15(18)11-20(12-23-16)5-4-19-6-8-22-9-7-19/h2-3,10H,4-9,11-12H2,1H3/p+2. The molecule has 0 bridgehead atoms. The first-order valence-electron chi connectivity index (χ1n) is 8.65. The highest BCUT2D eigenvalue weighted by molar-refractivity contribution is 5.84. The molecule has 2 aromatic rings. The molecule has 3 heterocycles. The molecule has 1 unspecified atom stereocenters. The normalized spacial score (nSPS) is 21.5. The number of hydrogen-bond acceptors (Lipinski definition) is 4. The zero-order chi connectivity index (χ0) is 16.5. The van der Waals surface area contributed by atoms with E-state index in [0.717, 1.165) is 68.2 Å². The molecule has 2 aliphatic heterocycles. The van der Waals surface area contributed by atoms with Crippen molar-refractivity contribution in [1.82, 2.24) is 0 Å². The van der Waals surface area contributed by atoms with Crippen LogP contribution in [0, 0.1) is 6.92 Å². The number of morpholine rings is 1. The average Bonchev–Trinajstić information content (AvgIpc) is 2.60. The molecule has 6 nitrogen and oxygen atoms in total. The van der Waals surface area contributed by atoms with Crippen LogP contribution in [-0.2, 0) is 11.3 Å². The van der Waals surface area contributed by atoms with E-state index in [4.69, 9.17) is 13.9 Å². The molecular formula is C18H24N2O4+2. The van der Waals surface area contributed by atoms with E-state index in [1.165, 1.54) is 4.90 Å². The van der Waals surface area contributed by atoms with Crippen LogP contribution in [0.2, 0.25) is 0 Å². The molecular weight excluding hydrogens is 308 g/mol. The van der Waals surface area contributed by atoms with Crippen LogP contribution < -0.4 is 20.2 Å². The second kappa shape index (κ2) is 6.55. The number of aryl methyl sites for hydroxylation is 1. The summed E-state index contributed by atoms with van der Waals surface area (Å²) >= 11 is 0. The third kappa shape index (κ3) is 3.05. The van der Waals surface area contributed by atoms with Crippen LogP contribution in [0.25, 0.3) is 11.0 Å². The van der Waals surface area contributed by atoms with Gasteiger partial charge in [0.2, 0.25) is 6.73 Å². The summed E-state index contributed by atoms with van der Waals surface area (Å²) in [5.41, 5.74) is 2.37. The first kappa shape index (κ1) is 15.6. The van der Waals surface area contributed by atoms with Crippen LogP contribution in [-0.4, -0.2) is 46.1 Å². The van der Waals surface area contributed by atoms with Gasteiger partial charge in [0.25, 0.3) is 0 Å². The molecule has 4 rings (SSSR count). The monoisotopic (exact) mass is 332 g/mol. The Morgan fingerprint density at radius 2 is 1.92 bits per heavy atom. The number of nitrogens with one attached hydrogen (secondary N) is 2. The second-order valence-corrected chi connectivity index (χ2v) is 6.75. The van der Waals surface area contributed by atoms with E-state index in [-0.39, 0.29) is 5.63 Å². The van der Waals surface area contributed by atoms with Crippen molar-refractivity contribution >= 4 is 11.0 Å². The van der Waals surface area contributed by atoms with Crippen molar-refractivity contribution in [3.63, 3.8) is 0 Å². The second-order valence-electron chi connectivity index (χ2n) is 6.75. The lowest BCUT2D eigenvalue weighted by molar-refractivity contribution is -0.977. The Balaban J connectivity index is 1.55. The number of benzene rings is 1. The predicted octanol–water partition coefficient (Wildman–Crippen LogP) is -1.25. The van der Waals surface area contributed by atoms with Gasteiger partial charge in [0.05, 0.1) is 18.8 Å². The van der Waals surface area contributed by atoms with Crippen molar-refractivity contribution in [2.45, 2.75) is 13.5 Å². The van der Waals surface area contributed by atoms with Crippen LogP contribution in [0.1, 0.15) is 11.1 Å². The minimum absolute atomic E-state index is 0.293. The number of fused-ring (bicyclic) bond motifs is 3. The van der Waals surface area contributed by atoms with Gasteiger partial charge in [-0.3, -0.25) is 4.90 Å². The Labute approximate surface area is 140 Å². The van der Waals surface area contributed by atoms with Crippen molar-refractivity contribution in [3.05, 3.63) is 39.7 Å². The highest BCUT2D eigenvalue weighted by Gasteiger charge is 2.26. The molecule has 0 radical (unpaired) electrons. The maximum Gasteiger partial charge on any atom is 0.336 e. The van der Waals surface area contributed by atoms with E-state index in [1.54, 1.807) is 11.0 Å². The Morgan fingerprint density at radius 1 is 1.12 bits per heavy atom. The maximum atomic E-state index is 11.8.